The van der Waals surface area contributed by atoms with Crippen LogP contribution in [0.4, 0.5) is 0 Å². The third-order valence-corrected chi connectivity index (χ3v) is 13.3. The Morgan fingerprint density at radius 3 is 0.903 bits per heavy atom. The van der Waals surface area contributed by atoms with Gasteiger partial charge in [-0.2, -0.15) is 0 Å². The lowest BCUT2D eigenvalue weighted by atomic mass is 10.0. The summed E-state index contributed by atoms with van der Waals surface area (Å²) in [5.41, 5.74) is 0. The van der Waals surface area contributed by atoms with E-state index >= 15 is 0 Å². The molecule has 0 aromatic rings. The first kappa shape index (κ1) is 68.6. The monoisotopic (exact) mass is 1000 g/mol. The second kappa shape index (κ2) is 60.1. The van der Waals surface area contributed by atoms with Gasteiger partial charge in [0.25, 0.3) is 0 Å². The van der Waals surface area contributed by atoms with Gasteiger partial charge in [0.05, 0.1) is 0 Å². The van der Waals surface area contributed by atoms with Gasteiger partial charge in [-0.25, -0.2) is 0 Å². The molecule has 0 saturated carbocycles. The van der Waals surface area contributed by atoms with E-state index in [1.807, 2.05) is 60.8 Å². The van der Waals surface area contributed by atoms with E-state index in [0.717, 1.165) is 70.6 Å². The molecule has 0 aliphatic carbocycles. The Labute approximate surface area is 445 Å². The van der Waals surface area contributed by atoms with E-state index in [0.29, 0.717) is 19.3 Å². The molecule has 0 heterocycles. The number of ether oxygens (including phenoxy) is 3. The summed E-state index contributed by atoms with van der Waals surface area (Å²) in [6, 6.07) is 0. The van der Waals surface area contributed by atoms with E-state index in [1.54, 1.807) is 0 Å². The van der Waals surface area contributed by atoms with Crippen molar-refractivity contribution in [2.75, 3.05) is 13.2 Å². The van der Waals surface area contributed by atoms with Crippen LogP contribution in [0.1, 0.15) is 297 Å². The Hall–Kier alpha value is -3.41. The average molecular weight is 1000 g/mol. The molecular formula is C66H114O6. The van der Waals surface area contributed by atoms with Crippen molar-refractivity contribution in [1.29, 1.82) is 0 Å². The summed E-state index contributed by atoms with van der Waals surface area (Å²) in [5, 5.41) is 0. The van der Waals surface area contributed by atoms with Gasteiger partial charge in [-0.3, -0.25) is 14.4 Å². The number of esters is 3. The van der Waals surface area contributed by atoms with Crippen LogP contribution in [0, 0.1) is 0 Å². The molecular weight excluding hydrogens is 889 g/mol. The lowest BCUT2D eigenvalue weighted by Gasteiger charge is -2.18. The highest BCUT2D eigenvalue weighted by molar-refractivity contribution is 5.71. The molecule has 0 amide bonds. The van der Waals surface area contributed by atoms with Gasteiger partial charge in [0, 0.05) is 19.3 Å². The molecule has 0 spiro atoms. The highest BCUT2D eigenvalue weighted by Gasteiger charge is 2.19. The van der Waals surface area contributed by atoms with Gasteiger partial charge >= 0.3 is 17.9 Å². The molecule has 1 atom stereocenters. The molecule has 6 heteroatoms. The van der Waals surface area contributed by atoms with Crippen LogP contribution in [0.3, 0.4) is 0 Å². The fourth-order valence-corrected chi connectivity index (χ4v) is 8.71. The molecule has 0 saturated heterocycles. The van der Waals surface area contributed by atoms with E-state index in [2.05, 4.69) is 45.1 Å². The summed E-state index contributed by atoms with van der Waals surface area (Å²) in [6.45, 7) is 6.49. The lowest BCUT2D eigenvalue weighted by Crippen LogP contribution is -2.30. The molecule has 0 aromatic carbocycles. The number of rotatable bonds is 55. The molecule has 0 bridgehead atoms. The summed E-state index contributed by atoms with van der Waals surface area (Å²) in [4.78, 5) is 38.3. The molecule has 0 N–H and O–H groups in total. The highest BCUT2D eigenvalue weighted by Crippen LogP contribution is 2.17. The molecule has 0 aliphatic rings. The number of unbranched alkanes of at least 4 members (excludes halogenated alkanes) is 35. The Balaban J connectivity index is 4.44. The van der Waals surface area contributed by atoms with Crippen LogP contribution in [0.15, 0.2) is 85.1 Å². The zero-order valence-corrected chi connectivity index (χ0v) is 47.4. The third-order valence-electron chi connectivity index (χ3n) is 13.3. The minimum absolute atomic E-state index is 0.0912. The SMILES string of the molecule is CC\C=C/C=C\C=C/C=C\C=C\C=C/CCCCCC(=O)OCC(COC(=O)CCCCCCCCC/C=C\CCCCCCCCCC)OC(=O)CCCCCCCCCCCCCCCCCCCC. The standard InChI is InChI=1S/C66H114O6/c1-4-7-10-13-16-19-22-25-28-31-33-36-38-41-44-47-50-53-56-59-65(68)71-62-63(61-70-64(67)58-55-52-49-46-43-40-37-34-30-27-24-21-18-15-12-9-6-3)72-66(69)60-57-54-51-48-45-42-39-35-32-29-26-23-20-17-14-11-8-5-2/h9,12,15,18,21,24,27,30-31,33-34,37,40,43,63H,4-8,10-11,13-14,16-17,19-20,22-23,25-26,28-29,32,35-36,38-39,41-42,44-62H2,1-3H3/b12-9-,18-15-,24-21-,30-27-,33-31-,37-34+,43-40-. The van der Waals surface area contributed by atoms with Gasteiger partial charge in [0.1, 0.15) is 13.2 Å². The molecule has 0 aliphatic heterocycles. The minimum atomic E-state index is -0.797. The van der Waals surface area contributed by atoms with Gasteiger partial charge in [0.2, 0.25) is 0 Å². The third kappa shape index (κ3) is 57.5. The summed E-state index contributed by atoms with van der Waals surface area (Å²) < 4.78 is 16.9. The fraction of sp³-hybridized carbons (Fsp3) is 0.742. The average Bonchev–Trinajstić information content (AvgIpc) is 3.38. The minimum Gasteiger partial charge on any atom is -0.462 e. The van der Waals surface area contributed by atoms with Crippen LogP contribution in [0.5, 0.6) is 0 Å². The molecule has 72 heavy (non-hydrogen) atoms. The second-order valence-electron chi connectivity index (χ2n) is 20.4. The van der Waals surface area contributed by atoms with E-state index < -0.39 is 6.10 Å². The van der Waals surface area contributed by atoms with Crippen LogP contribution in [-0.2, 0) is 28.6 Å². The lowest BCUT2D eigenvalue weighted by molar-refractivity contribution is -0.167. The van der Waals surface area contributed by atoms with Crippen molar-refractivity contribution in [2.45, 2.75) is 303 Å². The maximum absolute atomic E-state index is 12.9. The maximum atomic E-state index is 12.9. The number of carbonyl (C=O) groups is 3. The smallest absolute Gasteiger partial charge is 0.306 e. The van der Waals surface area contributed by atoms with Crippen LogP contribution in [-0.4, -0.2) is 37.2 Å². The van der Waals surface area contributed by atoms with E-state index in [4.69, 9.17) is 14.2 Å². The Bertz CT molecular complexity index is 1380. The fourth-order valence-electron chi connectivity index (χ4n) is 8.71. The van der Waals surface area contributed by atoms with E-state index in [1.165, 1.54) is 186 Å². The first-order chi connectivity index (χ1) is 35.5. The summed E-state index contributed by atoms with van der Waals surface area (Å²) in [7, 11) is 0. The Morgan fingerprint density at radius 2 is 0.556 bits per heavy atom. The first-order valence-corrected chi connectivity index (χ1v) is 30.7. The molecule has 0 aromatic heterocycles. The van der Waals surface area contributed by atoms with Crippen molar-refractivity contribution in [1.82, 2.24) is 0 Å². The van der Waals surface area contributed by atoms with E-state index in [-0.39, 0.29) is 31.1 Å². The van der Waals surface area contributed by atoms with Crippen molar-refractivity contribution in [3.63, 3.8) is 0 Å². The zero-order chi connectivity index (χ0) is 52.2. The predicted molar refractivity (Wildman–Crippen MR) is 311 cm³/mol. The second-order valence-corrected chi connectivity index (χ2v) is 20.4. The largest absolute Gasteiger partial charge is 0.462 e. The van der Waals surface area contributed by atoms with Crippen molar-refractivity contribution in [2.24, 2.45) is 0 Å². The van der Waals surface area contributed by atoms with Crippen molar-refractivity contribution >= 4 is 17.9 Å². The highest BCUT2D eigenvalue weighted by atomic mass is 16.6. The predicted octanol–water partition coefficient (Wildman–Crippen LogP) is 20.7. The molecule has 414 valence electrons. The van der Waals surface area contributed by atoms with E-state index in [9.17, 15) is 14.4 Å². The zero-order valence-electron chi connectivity index (χ0n) is 47.4. The van der Waals surface area contributed by atoms with Crippen LogP contribution >= 0.6 is 0 Å². The van der Waals surface area contributed by atoms with Gasteiger partial charge in [0.15, 0.2) is 6.10 Å². The molecule has 0 fully saturated rings. The number of allylic oxidation sites excluding steroid dienone is 14. The normalized spacial score (nSPS) is 12.7. The molecule has 0 rings (SSSR count). The van der Waals surface area contributed by atoms with Gasteiger partial charge < -0.3 is 14.2 Å². The summed E-state index contributed by atoms with van der Waals surface area (Å²) in [6.07, 6.45) is 78.6. The maximum Gasteiger partial charge on any atom is 0.306 e. The van der Waals surface area contributed by atoms with Crippen molar-refractivity contribution in [3.8, 4) is 0 Å². The Morgan fingerprint density at radius 1 is 0.292 bits per heavy atom. The molecule has 6 nitrogen and oxygen atoms in total. The van der Waals surface area contributed by atoms with Crippen molar-refractivity contribution < 1.29 is 28.6 Å². The van der Waals surface area contributed by atoms with Gasteiger partial charge in [-0.1, -0.05) is 298 Å². The first-order valence-electron chi connectivity index (χ1n) is 30.7. The van der Waals surface area contributed by atoms with Gasteiger partial charge in [-0.05, 0) is 64.2 Å². The van der Waals surface area contributed by atoms with Crippen LogP contribution in [0.2, 0.25) is 0 Å². The van der Waals surface area contributed by atoms with Crippen molar-refractivity contribution in [3.05, 3.63) is 85.1 Å². The topological polar surface area (TPSA) is 78.9 Å². The number of carbonyl (C=O) groups excluding carboxylic acids is 3. The van der Waals surface area contributed by atoms with Gasteiger partial charge in [-0.15, -0.1) is 0 Å². The van der Waals surface area contributed by atoms with Crippen LogP contribution in [0.25, 0.3) is 0 Å². The number of hydrogen-bond donors (Lipinski definition) is 0. The summed E-state index contributed by atoms with van der Waals surface area (Å²) in [5.74, 6) is -0.928. The molecule has 0 radical (unpaired) electrons. The summed E-state index contributed by atoms with van der Waals surface area (Å²) >= 11 is 0. The number of hydrogen-bond acceptors (Lipinski definition) is 6. The Kier molecular flexibility index (Phi) is 57.3. The molecule has 1 unspecified atom stereocenters. The quantitative estimate of drug-likeness (QED) is 0.0199. The van der Waals surface area contributed by atoms with Crippen LogP contribution < -0.4 is 0 Å².